The molecule has 2 N–H and O–H groups in total. The van der Waals surface area contributed by atoms with Gasteiger partial charge in [-0.1, -0.05) is 61.9 Å². The van der Waals surface area contributed by atoms with E-state index in [0.717, 1.165) is 52.2 Å². The summed E-state index contributed by atoms with van der Waals surface area (Å²) in [6.07, 6.45) is 0.902. The molecular formula is C31H32N4O4. The first-order chi connectivity index (χ1) is 19.0. The highest BCUT2D eigenvalue weighted by Gasteiger charge is 2.20. The van der Waals surface area contributed by atoms with Gasteiger partial charge in [-0.3, -0.25) is 9.36 Å². The van der Waals surface area contributed by atoms with Crippen molar-refractivity contribution >= 4 is 5.84 Å². The number of aliphatic imine (C=N–C) groups is 1. The van der Waals surface area contributed by atoms with Crippen molar-refractivity contribution in [2.75, 3.05) is 6.61 Å². The number of hydrogen-bond acceptors (Lipinski definition) is 7. The van der Waals surface area contributed by atoms with Gasteiger partial charge in [0.2, 0.25) is 0 Å². The van der Waals surface area contributed by atoms with Crippen molar-refractivity contribution in [3.8, 4) is 22.6 Å². The number of hydroxylamine groups is 1. The SMILES string of the molecule is CCCc1nc(C)n(-c2ccc(OCC)cc2)c(=O)c1Cc1ccc(-c2ccccc2C2=NC(O)ON2)cc1. The highest BCUT2D eigenvalue weighted by molar-refractivity contribution is 6.04. The van der Waals surface area contributed by atoms with Crippen molar-refractivity contribution in [1.29, 1.82) is 0 Å². The Labute approximate surface area is 227 Å². The summed E-state index contributed by atoms with van der Waals surface area (Å²) in [5.41, 5.74) is 8.74. The summed E-state index contributed by atoms with van der Waals surface area (Å²) in [4.78, 5) is 27.8. The average Bonchev–Trinajstić information content (AvgIpc) is 3.38. The van der Waals surface area contributed by atoms with Crippen molar-refractivity contribution < 1.29 is 14.7 Å². The molecule has 39 heavy (non-hydrogen) atoms. The summed E-state index contributed by atoms with van der Waals surface area (Å²) in [7, 11) is 0. The molecule has 0 aliphatic carbocycles. The zero-order chi connectivity index (χ0) is 27.4. The van der Waals surface area contributed by atoms with Gasteiger partial charge < -0.3 is 9.84 Å². The zero-order valence-corrected chi connectivity index (χ0v) is 22.3. The topological polar surface area (TPSA) is 98.0 Å². The molecule has 3 aromatic carbocycles. The molecule has 0 saturated carbocycles. The number of hydrogen-bond donors (Lipinski definition) is 2. The van der Waals surface area contributed by atoms with Crippen molar-refractivity contribution in [2.45, 2.75) is 46.4 Å². The molecule has 8 nitrogen and oxygen atoms in total. The Bertz CT molecular complexity index is 1540. The second kappa shape index (κ2) is 11.6. The molecule has 1 unspecified atom stereocenters. The maximum atomic E-state index is 13.8. The number of nitrogens with zero attached hydrogens (tertiary/aromatic N) is 3. The Kier molecular flexibility index (Phi) is 7.86. The monoisotopic (exact) mass is 524 g/mol. The Hall–Kier alpha value is -4.27. The molecule has 2 heterocycles. The van der Waals surface area contributed by atoms with E-state index in [-0.39, 0.29) is 5.56 Å². The van der Waals surface area contributed by atoms with Gasteiger partial charge in [0.25, 0.3) is 12.0 Å². The smallest absolute Gasteiger partial charge is 0.280 e. The predicted molar refractivity (Wildman–Crippen MR) is 151 cm³/mol. The summed E-state index contributed by atoms with van der Waals surface area (Å²) < 4.78 is 7.24. The van der Waals surface area contributed by atoms with Gasteiger partial charge in [-0.05, 0) is 61.2 Å². The highest BCUT2D eigenvalue weighted by atomic mass is 16.7. The van der Waals surface area contributed by atoms with Gasteiger partial charge in [0.05, 0.1) is 18.0 Å². The third-order valence-electron chi connectivity index (χ3n) is 6.65. The first kappa shape index (κ1) is 26.3. The summed E-state index contributed by atoms with van der Waals surface area (Å²) in [6.45, 7) is 6.50. The second-order valence-corrected chi connectivity index (χ2v) is 9.34. The van der Waals surface area contributed by atoms with Crippen LogP contribution >= 0.6 is 0 Å². The molecular weight excluding hydrogens is 492 g/mol. The van der Waals surface area contributed by atoms with E-state index in [1.807, 2.05) is 86.6 Å². The third-order valence-corrected chi connectivity index (χ3v) is 6.65. The van der Waals surface area contributed by atoms with Crippen LogP contribution < -0.4 is 15.8 Å². The van der Waals surface area contributed by atoms with Crippen LogP contribution in [0.5, 0.6) is 5.75 Å². The van der Waals surface area contributed by atoms with Gasteiger partial charge >= 0.3 is 0 Å². The van der Waals surface area contributed by atoms with Crippen LogP contribution in [-0.2, 0) is 17.7 Å². The number of nitrogens with one attached hydrogen (secondary N) is 1. The van der Waals surface area contributed by atoms with Crippen molar-refractivity contribution in [2.24, 2.45) is 4.99 Å². The van der Waals surface area contributed by atoms with Crippen LogP contribution in [0.15, 0.2) is 82.6 Å². The van der Waals surface area contributed by atoms with E-state index in [1.165, 1.54) is 0 Å². The predicted octanol–water partition coefficient (Wildman–Crippen LogP) is 4.71. The van der Waals surface area contributed by atoms with Gasteiger partial charge in [-0.25, -0.2) is 20.3 Å². The van der Waals surface area contributed by atoms with Crippen molar-refractivity contribution in [3.63, 3.8) is 0 Å². The molecule has 0 radical (unpaired) electrons. The number of rotatable bonds is 9. The lowest BCUT2D eigenvalue weighted by atomic mass is 9.96. The summed E-state index contributed by atoms with van der Waals surface area (Å²) in [6, 6.07) is 23.5. The molecule has 1 aromatic heterocycles. The second-order valence-electron chi connectivity index (χ2n) is 9.34. The minimum Gasteiger partial charge on any atom is -0.494 e. The van der Waals surface area contributed by atoms with Gasteiger partial charge in [-0.2, -0.15) is 0 Å². The van der Waals surface area contributed by atoms with E-state index in [2.05, 4.69) is 17.4 Å². The molecule has 4 aromatic rings. The maximum Gasteiger partial charge on any atom is 0.280 e. The van der Waals surface area contributed by atoms with Gasteiger partial charge in [0.15, 0.2) is 5.84 Å². The van der Waals surface area contributed by atoms with Crippen LogP contribution in [0.2, 0.25) is 0 Å². The third kappa shape index (κ3) is 5.62. The minimum atomic E-state index is -1.22. The molecule has 1 aliphatic heterocycles. The molecule has 8 heteroatoms. The number of benzene rings is 3. The number of aliphatic hydroxyl groups is 1. The van der Waals surface area contributed by atoms with E-state index in [1.54, 1.807) is 4.57 Å². The fourth-order valence-electron chi connectivity index (χ4n) is 4.85. The molecule has 0 amide bonds. The number of amidine groups is 1. The quantitative estimate of drug-likeness (QED) is 0.329. The van der Waals surface area contributed by atoms with E-state index in [0.29, 0.717) is 30.3 Å². The summed E-state index contributed by atoms with van der Waals surface area (Å²) in [5.74, 6) is 1.91. The van der Waals surface area contributed by atoms with Gasteiger partial charge in [-0.15, -0.1) is 0 Å². The molecule has 1 aliphatic rings. The number of aryl methyl sites for hydroxylation is 2. The van der Waals surface area contributed by atoms with Gasteiger partial charge in [0, 0.05) is 17.5 Å². The highest BCUT2D eigenvalue weighted by Crippen LogP contribution is 2.26. The van der Waals surface area contributed by atoms with Crippen molar-refractivity contribution in [1.82, 2.24) is 15.0 Å². The molecule has 0 saturated heterocycles. The van der Waals surface area contributed by atoms with Crippen LogP contribution in [0.25, 0.3) is 16.8 Å². The lowest BCUT2D eigenvalue weighted by Gasteiger charge is -2.16. The summed E-state index contributed by atoms with van der Waals surface area (Å²) >= 11 is 0. The van der Waals surface area contributed by atoms with E-state index < -0.39 is 6.41 Å². The average molecular weight is 525 g/mol. The molecule has 0 fully saturated rings. The van der Waals surface area contributed by atoms with Crippen LogP contribution in [0, 0.1) is 6.92 Å². The zero-order valence-electron chi connectivity index (χ0n) is 22.3. The molecule has 5 rings (SSSR count). The largest absolute Gasteiger partial charge is 0.494 e. The lowest BCUT2D eigenvalue weighted by molar-refractivity contribution is -0.102. The Balaban J connectivity index is 1.48. The Morgan fingerprint density at radius 3 is 2.36 bits per heavy atom. The van der Waals surface area contributed by atoms with E-state index in [9.17, 15) is 9.90 Å². The molecule has 0 bridgehead atoms. The lowest BCUT2D eigenvalue weighted by Crippen LogP contribution is -2.28. The van der Waals surface area contributed by atoms with Crippen molar-refractivity contribution in [3.05, 3.63) is 111 Å². The molecule has 0 spiro atoms. The first-order valence-electron chi connectivity index (χ1n) is 13.2. The standard InChI is InChI=1S/C31H32N4O4/c1-4-8-28-27(30(36)35(20(3)32-28)23-15-17-24(18-16-23)38-5-2)19-21-11-13-22(14-12-21)25-9-6-7-10-26(25)29-33-31(37)39-34-29/h6-7,9-18,31,37H,4-5,8,19H2,1-3H3,(H,33,34). The van der Waals surface area contributed by atoms with Crippen LogP contribution in [0.1, 0.15) is 48.5 Å². The summed E-state index contributed by atoms with van der Waals surface area (Å²) in [5, 5.41) is 9.61. The number of aromatic nitrogens is 2. The van der Waals surface area contributed by atoms with Crippen LogP contribution in [0.3, 0.4) is 0 Å². The van der Waals surface area contributed by atoms with Crippen LogP contribution in [0.4, 0.5) is 0 Å². The Morgan fingerprint density at radius 2 is 1.72 bits per heavy atom. The fraction of sp³-hybridized carbons (Fsp3) is 0.258. The Morgan fingerprint density at radius 1 is 1.00 bits per heavy atom. The van der Waals surface area contributed by atoms with Gasteiger partial charge in [0.1, 0.15) is 11.6 Å². The van der Waals surface area contributed by atoms with Crippen LogP contribution in [-0.4, -0.2) is 33.5 Å². The fourth-order valence-corrected chi connectivity index (χ4v) is 4.85. The maximum absolute atomic E-state index is 13.8. The van der Waals surface area contributed by atoms with E-state index >= 15 is 0 Å². The van der Waals surface area contributed by atoms with E-state index in [4.69, 9.17) is 14.6 Å². The number of aliphatic hydroxyl groups excluding tert-OH is 1. The first-order valence-corrected chi connectivity index (χ1v) is 13.2. The molecule has 1 atom stereocenters. The minimum absolute atomic E-state index is 0.0478. The number of ether oxygens (including phenoxy) is 1. The molecule has 200 valence electrons. The normalized spacial score (nSPS) is 14.7.